The van der Waals surface area contributed by atoms with Crippen LogP contribution < -0.4 is 5.32 Å². The van der Waals surface area contributed by atoms with Crippen LogP contribution in [-0.4, -0.2) is 34.8 Å². The van der Waals surface area contributed by atoms with Crippen LogP contribution in [0.15, 0.2) is 0 Å². The SMILES string of the molecule is CC(C)(C)N1C[C@@H](C(=O)NC2CCCCCC2)CC1=O. The van der Waals surface area contributed by atoms with Gasteiger partial charge >= 0.3 is 0 Å². The molecule has 1 saturated heterocycles. The highest BCUT2D eigenvalue weighted by Gasteiger charge is 2.39. The van der Waals surface area contributed by atoms with Gasteiger partial charge < -0.3 is 10.2 Å². The lowest BCUT2D eigenvalue weighted by Gasteiger charge is -2.32. The van der Waals surface area contributed by atoms with Gasteiger partial charge in [-0.3, -0.25) is 9.59 Å². The first-order chi connectivity index (χ1) is 9.38. The van der Waals surface area contributed by atoms with E-state index in [9.17, 15) is 9.59 Å². The molecule has 0 aromatic heterocycles. The molecule has 4 nitrogen and oxygen atoms in total. The number of nitrogens with one attached hydrogen (secondary N) is 1. The Labute approximate surface area is 122 Å². The van der Waals surface area contributed by atoms with E-state index >= 15 is 0 Å². The summed E-state index contributed by atoms with van der Waals surface area (Å²) in [4.78, 5) is 26.2. The standard InChI is InChI=1S/C16H28N2O2/c1-16(2,3)18-11-12(10-14(18)19)15(20)17-13-8-6-4-5-7-9-13/h12-13H,4-11H2,1-3H3,(H,17,20)/t12-/m0/s1. The highest BCUT2D eigenvalue weighted by Crippen LogP contribution is 2.26. The molecule has 4 heteroatoms. The molecule has 1 aliphatic heterocycles. The van der Waals surface area contributed by atoms with Gasteiger partial charge in [0.1, 0.15) is 0 Å². The number of rotatable bonds is 2. The van der Waals surface area contributed by atoms with Gasteiger partial charge in [-0.15, -0.1) is 0 Å². The predicted octanol–water partition coefficient (Wildman–Crippen LogP) is 2.47. The predicted molar refractivity (Wildman–Crippen MR) is 79.2 cm³/mol. The molecule has 2 aliphatic rings. The highest BCUT2D eigenvalue weighted by molar-refractivity contribution is 5.89. The van der Waals surface area contributed by atoms with Crippen LogP contribution in [0.3, 0.4) is 0 Å². The Balaban J connectivity index is 1.89. The number of hydrogen-bond donors (Lipinski definition) is 1. The molecule has 2 amide bonds. The zero-order chi connectivity index (χ0) is 14.8. The number of likely N-dealkylation sites (tertiary alicyclic amines) is 1. The van der Waals surface area contributed by atoms with Gasteiger partial charge in [-0.1, -0.05) is 25.7 Å². The Morgan fingerprint density at radius 2 is 1.75 bits per heavy atom. The second-order valence-electron chi connectivity index (χ2n) is 7.27. The third-order valence-corrected chi connectivity index (χ3v) is 4.51. The summed E-state index contributed by atoms with van der Waals surface area (Å²) in [5.41, 5.74) is -0.186. The van der Waals surface area contributed by atoms with Crippen molar-refractivity contribution in [1.82, 2.24) is 10.2 Å². The normalized spacial score (nSPS) is 25.6. The molecule has 2 fully saturated rings. The fraction of sp³-hybridized carbons (Fsp3) is 0.875. The van der Waals surface area contributed by atoms with Gasteiger partial charge in [0.15, 0.2) is 0 Å². The van der Waals surface area contributed by atoms with E-state index in [1.165, 1.54) is 25.7 Å². The van der Waals surface area contributed by atoms with Gasteiger partial charge in [-0.25, -0.2) is 0 Å². The summed E-state index contributed by atoms with van der Waals surface area (Å²) in [6.07, 6.45) is 7.55. The van der Waals surface area contributed by atoms with E-state index in [0.717, 1.165) is 12.8 Å². The van der Waals surface area contributed by atoms with E-state index in [1.807, 2.05) is 25.7 Å². The lowest BCUT2D eigenvalue weighted by atomic mass is 10.0. The number of amides is 2. The maximum absolute atomic E-state index is 12.4. The van der Waals surface area contributed by atoms with E-state index in [1.54, 1.807) is 0 Å². The minimum Gasteiger partial charge on any atom is -0.353 e. The summed E-state index contributed by atoms with van der Waals surface area (Å²) in [7, 11) is 0. The van der Waals surface area contributed by atoms with Crippen molar-refractivity contribution < 1.29 is 9.59 Å². The largest absolute Gasteiger partial charge is 0.353 e. The molecule has 114 valence electrons. The molecule has 1 aliphatic carbocycles. The molecule has 1 heterocycles. The van der Waals surface area contributed by atoms with Crippen LogP contribution in [-0.2, 0) is 9.59 Å². The molecule has 0 aromatic carbocycles. The summed E-state index contributed by atoms with van der Waals surface area (Å²) >= 11 is 0. The average Bonchev–Trinajstić information content (AvgIpc) is 2.58. The minimum absolute atomic E-state index is 0.0806. The Morgan fingerprint density at radius 3 is 2.25 bits per heavy atom. The van der Waals surface area contributed by atoms with Crippen LogP contribution in [0.1, 0.15) is 65.7 Å². The molecule has 20 heavy (non-hydrogen) atoms. The van der Waals surface area contributed by atoms with Crippen LogP contribution in [0.25, 0.3) is 0 Å². The molecule has 1 atom stereocenters. The van der Waals surface area contributed by atoms with Crippen LogP contribution >= 0.6 is 0 Å². The number of nitrogens with zero attached hydrogens (tertiary/aromatic N) is 1. The summed E-state index contributed by atoms with van der Waals surface area (Å²) < 4.78 is 0. The first kappa shape index (κ1) is 15.3. The maximum Gasteiger partial charge on any atom is 0.225 e. The van der Waals surface area contributed by atoms with Crippen LogP contribution in [0, 0.1) is 5.92 Å². The summed E-state index contributed by atoms with van der Waals surface area (Å²) in [5.74, 6) is 0.0282. The first-order valence-electron chi connectivity index (χ1n) is 7.99. The second kappa shape index (κ2) is 6.15. The molecule has 0 spiro atoms. The number of carbonyl (C=O) groups is 2. The molecule has 0 unspecified atom stereocenters. The summed E-state index contributed by atoms with van der Waals surface area (Å²) in [6, 6.07) is 0.323. The van der Waals surface area contributed by atoms with E-state index in [-0.39, 0.29) is 23.3 Å². The lowest BCUT2D eigenvalue weighted by Crippen LogP contribution is -2.44. The summed E-state index contributed by atoms with van der Waals surface area (Å²) in [5, 5.41) is 3.18. The Bertz CT molecular complexity index is 365. The lowest BCUT2D eigenvalue weighted by molar-refractivity contribution is -0.132. The van der Waals surface area contributed by atoms with Crippen molar-refractivity contribution in [2.45, 2.75) is 77.3 Å². The third-order valence-electron chi connectivity index (χ3n) is 4.51. The van der Waals surface area contributed by atoms with Gasteiger partial charge in [0.25, 0.3) is 0 Å². The van der Waals surface area contributed by atoms with E-state index < -0.39 is 0 Å². The van der Waals surface area contributed by atoms with Crippen molar-refractivity contribution in [2.24, 2.45) is 5.92 Å². The molecular formula is C16H28N2O2. The molecule has 1 N–H and O–H groups in total. The zero-order valence-corrected chi connectivity index (χ0v) is 13.1. The Morgan fingerprint density at radius 1 is 1.15 bits per heavy atom. The smallest absolute Gasteiger partial charge is 0.225 e. The minimum atomic E-state index is -0.186. The quantitative estimate of drug-likeness (QED) is 0.790. The van der Waals surface area contributed by atoms with Crippen molar-refractivity contribution in [1.29, 1.82) is 0 Å². The fourth-order valence-corrected chi connectivity index (χ4v) is 3.27. The Kier molecular flexibility index (Phi) is 4.71. The van der Waals surface area contributed by atoms with Crippen molar-refractivity contribution in [3.05, 3.63) is 0 Å². The molecule has 0 bridgehead atoms. The van der Waals surface area contributed by atoms with Crippen molar-refractivity contribution >= 4 is 11.8 Å². The van der Waals surface area contributed by atoms with Crippen molar-refractivity contribution in [3.63, 3.8) is 0 Å². The highest BCUT2D eigenvalue weighted by atomic mass is 16.2. The van der Waals surface area contributed by atoms with Crippen LogP contribution in [0.2, 0.25) is 0 Å². The average molecular weight is 280 g/mol. The Hall–Kier alpha value is -1.06. The molecule has 2 rings (SSSR count). The van der Waals surface area contributed by atoms with E-state index in [4.69, 9.17) is 0 Å². The van der Waals surface area contributed by atoms with Gasteiger partial charge in [0.2, 0.25) is 11.8 Å². The monoisotopic (exact) mass is 280 g/mol. The van der Waals surface area contributed by atoms with Gasteiger partial charge in [-0.2, -0.15) is 0 Å². The summed E-state index contributed by atoms with van der Waals surface area (Å²) in [6.45, 7) is 6.64. The van der Waals surface area contributed by atoms with Crippen molar-refractivity contribution in [2.75, 3.05) is 6.54 Å². The van der Waals surface area contributed by atoms with Crippen LogP contribution in [0.4, 0.5) is 0 Å². The molecule has 0 aromatic rings. The van der Waals surface area contributed by atoms with Gasteiger partial charge in [0.05, 0.1) is 5.92 Å². The number of hydrogen-bond acceptors (Lipinski definition) is 2. The zero-order valence-electron chi connectivity index (χ0n) is 13.1. The first-order valence-corrected chi connectivity index (χ1v) is 7.99. The molecule has 0 radical (unpaired) electrons. The molecule has 1 saturated carbocycles. The third kappa shape index (κ3) is 3.74. The van der Waals surface area contributed by atoms with Gasteiger partial charge in [-0.05, 0) is 33.6 Å². The maximum atomic E-state index is 12.4. The fourth-order valence-electron chi connectivity index (χ4n) is 3.27. The van der Waals surface area contributed by atoms with E-state index in [0.29, 0.717) is 19.0 Å². The second-order valence-corrected chi connectivity index (χ2v) is 7.27. The van der Waals surface area contributed by atoms with Crippen molar-refractivity contribution in [3.8, 4) is 0 Å². The van der Waals surface area contributed by atoms with E-state index in [2.05, 4.69) is 5.32 Å². The molecular weight excluding hydrogens is 252 g/mol. The number of carbonyl (C=O) groups excluding carboxylic acids is 2. The van der Waals surface area contributed by atoms with Gasteiger partial charge in [0, 0.05) is 24.5 Å². The topological polar surface area (TPSA) is 49.4 Å². The van der Waals surface area contributed by atoms with Crippen LogP contribution in [0.5, 0.6) is 0 Å².